The molecule has 0 aliphatic rings. The first-order valence-corrected chi connectivity index (χ1v) is 8.79. The van der Waals surface area contributed by atoms with Crippen LogP contribution < -0.4 is 5.32 Å². The van der Waals surface area contributed by atoms with Crippen LogP contribution in [0, 0.1) is 13.8 Å². The van der Waals surface area contributed by atoms with Gasteiger partial charge in [0.1, 0.15) is 11.6 Å². The van der Waals surface area contributed by atoms with Crippen molar-refractivity contribution in [2.24, 2.45) is 0 Å². The summed E-state index contributed by atoms with van der Waals surface area (Å²) in [6, 6.07) is 4.22. The van der Waals surface area contributed by atoms with Gasteiger partial charge in [-0.2, -0.15) is 0 Å². The number of fused-ring (bicyclic) bond motifs is 1. The van der Waals surface area contributed by atoms with Crippen molar-refractivity contribution in [3.05, 3.63) is 47.3 Å². The second-order valence-corrected chi connectivity index (χ2v) is 6.38. The molecule has 25 heavy (non-hydrogen) atoms. The fourth-order valence-electron chi connectivity index (χ4n) is 2.93. The van der Waals surface area contributed by atoms with Gasteiger partial charge < -0.3 is 14.9 Å². The van der Waals surface area contributed by atoms with E-state index in [0.717, 1.165) is 29.1 Å². The van der Waals surface area contributed by atoms with Crippen LogP contribution in [-0.2, 0) is 24.2 Å². The Labute approximate surface area is 147 Å². The first-order valence-electron chi connectivity index (χ1n) is 8.79. The summed E-state index contributed by atoms with van der Waals surface area (Å²) in [7, 11) is 0. The monoisotopic (exact) mass is 339 g/mol. The van der Waals surface area contributed by atoms with Crippen molar-refractivity contribution in [2.45, 2.75) is 46.6 Å². The second kappa shape index (κ2) is 7.51. The van der Waals surface area contributed by atoms with Gasteiger partial charge in [-0.25, -0.2) is 9.97 Å². The number of rotatable bonds is 7. The van der Waals surface area contributed by atoms with Gasteiger partial charge in [-0.1, -0.05) is 6.92 Å². The van der Waals surface area contributed by atoms with Crippen molar-refractivity contribution in [3.63, 3.8) is 0 Å². The molecule has 6 heteroatoms. The van der Waals surface area contributed by atoms with E-state index < -0.39 is 0 Å². The number of aryl methyl sites for hydroxylation is 4. The molecule has 3 rings (SSSR count). The number of aromatic nitrogens is 4. The fourth-order valence-corrected chi connectivity index (χ4v) is 2.93. The van der Waals surface area contributed by atoms with Gasteiger partial charge in [0.2, 0.25) is 5.91 Å². The Kier molecular flexibility index (Phi) is 5.16. The summed E-state index contributed by atoms with van der Waals surface area (Å²) in [5.74, 6) is 1.97. The van der Waals surface area contributed by atoms with Crippen LogP contribution in [0.1, 0.15) is 36.1 Å². The zero-order valence-corrected chi connectivity index (χ0v) is 15.1. The first-order chi connectivity index (χ1) is 12.1. The normalized spacial score (nSPS) is 11.2. The third-order valence-corrected chi connectivity index (χ3v) is 4.53. The van der Waals surface area contributed by atoms with Crippen LogP contribution in [0.4, 0.5) is 0 Å². The molecule has 0 fully saturated rings. The van der Waals surface area contributed by atoms with Crippen molar-refractivity contribution in [3.8, 4) is 0 Å². The molecule has 0 aliphatic heterocycles. The van der Waals surface area contributed by atoms with Crippen LogP contribution in [-0.4, -0.2) is 32.0 Å². The van der Waals surface area contributed by atoms with E-state index >= 15 is 0 Å². The third kappa shape index (κ3) is 4.07. The van der Waals surface area contributed by atoms with Crippen LogP contribution in [0.5, 0.6) is 0 Å². The molecule has 132 valence electrons. The lowest BCUT2D eigenvalue weighted by atomic mass is 10.1. The van der Waals surface area contributed by atoms with Gasteiger partial charge in [-0.05, 0) is 37.1 Å². The van der Waals surface area contributed by atoms with Crippen molar-refractivity contribution >= 4 is 16.9 Å². The highest BCUT2D eigenvalue weighted by Crippen LogP contribution is 2.17. The Bertz CT molecular complexity index is 838. The number of hydrogen-bond acceptors (Lipinski definition) is 3. The molecule has 2 N–H and O–H groups in total. The maximum atomic E-state index is 12.0. The fraction of sp³-hybridized carbons (Fsp3) is 0.421. The van der Waals surface area contributed by atoms with E-state index in [0.29, 0.717) is 25.9 Å². The molecule has 2 aromatic heterocycles. The number of H-pyrrole nitrogens is 1. The Balaban J connectivity index is 1.48. The zero-order chi connectivity index (χ0) is 17.8. The third-order valence-electron chi connectivity index (χ3n) is 4.53. The van der Waals surface area contributed by atoms with Crippen molar-refractivity contribution in [1.82, 2.24) is 24.8 Å². The number of hydrogen-bond donors (Lipinski definition) is 2. The second-order valence-electron chi connectivity index (χ2n) is 6.38. The summed E-state index contributed by atoms with van der Waals surface area (Å²) in [5, 5.41) is 2.97. The molecule has 0 atom stereocenters. The topological polar surface area (TPSA) is 75.6 Å². The average Bonchev–Trinajstić information content (AvgIpc) is 3.19. The van der Waals surface area contributed by atoms with Crippen molar-refractivity contribution in [2.75, 3.05) is 6.54 Å². The number of nitrogens with one attached hydrogen (secondary N) is 2. The van der Waals surface area contributed by atoms with Crippen LogP contribution >= 0.6 is 0 Å². The minimum atomic E-state index is 0.0542. The highest BCUT2D eigenvalue weighted by molar-refractivity contribution is 5.77. The molecule has 0 spiro atoms. The van der Waals surface area contributed by atoms with Gasteiger partial charge in [0.25, 0.3) is 0 Å². The van der Waals surface area contributed by atoms with Crippen LogP contribution in [0.25, 0.3) is 11.0 Å². The molecular weight excluding hydrogens is 314 g/mol. The molecule has 0 bridgehead atoms. The molecule has 1 aromatic carbocycles. The molecule has 3 aromatic rings. The van der Waals surface area contributed by atoms with E-state index in [1.165, 1.54) is 11.1 Å². The lowest BCUT2D eigenvalue weighted by molar-refractivity contribution is -0.121. The van der Waals surface area contributed by atoms with Gasteiger partial charge >= 0.3 is 0 Å². The van der Waals surface area contributed by atoms with E-state index in [1.54, 1.807) is 6.20 Å². The summed E-state index contributed by atoms with van der Waals surface area (Å²) in [6.07, 6.45) is 5.73. The van der Waals surface area contributed by atoms with E-state index in [-0.39, 0.29) is 5.91 Å². The number of aromatic amines is 1. The minimum absolute atomic E-state index is 0.0542. The quantitative estimate of drug-likeness (QED) is 0.695. The Morgan fingerprint density at radius 1 is 1.28 bits per heavy atom. The van der Waals surface area contributed by atoms with Crippen LogP contribution in [0.3, 0.4) is 0 Å². The maximum absolute atomic E-state index is 12.0. The number of nitrogens with zero attached hydrogens (tertiary/aromatic N) is 3. The molecule has 0 saturated heterocycles. The number of imidazole rings is 2. The Morgan fingerprint density at radius 3 is 2.88 bits per heavy atom. The molecule has 2 heterocycles. The molecule has 0 radical (unpaired) electrons. The average molecular weight is 339 g/mol. The summed E-state index contributed by atoms with van der Waals surface area (Å²) in [6.45, 7) is 7.50. The molecule has 0 saturated carbocycles. The molecular formula is C19H25N5O. The van der Waals surface area contributed by atoms with Crippen molar-refractivity contribution in [1.29, 1.82) is 0 Å². The summed E-state index contributed by atoms with van der Waals surface area (Å²) >= 11 is 0. The standard InChI is InChI=1S/C19H25N5O/c1-4-18-20-8-10-24(18)9-6-19(25)21-7-5-17-22-15-11-13(2)14(3)12-16(15)23-17/h8,10-12H,4-7,9H2,1-3H3,(H,21,25)(H,22,23). The van der Waals surface area contributed by atoms with E-state index in [1.807, 2.05) is 10.8 Å². The van der Waals surface area contributed by atoms with Gasteiger partial charge in [0.15, 0.2) is 0 Å². The largest absolute Gasteiger partial charge is 0.356 e. The predicted molar refractivity (Wildman–Crippen MR) is 98.5 cm³/mol. The van der Waals surface area contributed by atoms with E-state index in [2.05, 4.69) is 53.2 Å². The Morgan fingerprint density at radius 2 is 2.08 bits per heavy atom. The maximum Gasteiger partial charge on any atom is 0.221 e. The van der Waals surface area contributed by atoms with E-state index in [4.69, 9.17) is 0 Å². The zero-order valence-electron chi connectivity index (χ0n) is 15.1. The summed E-state index contributed by atoms with van der Waals surface area (Å²) < 4.78 is 2.03. The van der Waals surface area contributed by atoms with Gasteiger partial charge in [0, 0.05) is 44.7 Å². The number of carbonyl (C=O) groups excluding carboxylic acids is 1. The summed E-state index contributed by atoms with van der Waals surface area (Å²) in [4.78, 5) is 24.2. The smallest absolute Gasteiger partial charge is 0.221 e. The molecule has 6 nitrogen and oxygen atoms in total. The van der Waals surface area contributed by atoms with Gasteiger partial charge in [-0.15, -0.1) is 0 Å². The van der Waals surface area contributed by atoms with Crippen molar-refractivity contribution < 1.29 is 4.79 Å². The van der Waals surface area contributed by atoms with Gasteiger partial charge in [-0.3, -0.25) is 4.79 Å². The van der Waals surface area contributed by atoms with Crippen LogP contribution in [0.15, 0.2) is 24.5 Å². The van der Waals surface area contributed by atoms with Crippen LogP contribution in [0.2, 0.25) is 0 Å². The SMILES string of the molecule is CCc1nccn1CCC(=O)NCCc1nc2cc(C)c(C)cc2[nH]1. The number of benzene rings is 1. The minimum Gasteiger partial charge on any atom is -0.356 e. The Hall–Kier alpha value is -2.63. The first kappa shape index (κ1) is 17.2. The molecule has 0 aliphatic carbocycles. The summed E-state index contributed by atoms with van der Waals surface area (Å²) in [5.41, 5.74) is 4.53. The number of carbonyl (C=O) groups is 1. The predicted octanol–water partition coefficient (Wildman–Crippen LogP) is 2.69. The molecule has 1 amide bonds. The van der Waals surface area contributed by atoms with E-state index in [9.17, 15) is 4.79 Å². The lowest BCUT2D eigenvalue weighted by Gasteiger charge is -2.07. The number of amides is 1. The van der Waals surface area contributed by atoms with Gasteiger partial charge in [0.05, 0.1) is 11.0 Å². The lowest BCUT2D eigenvalue weighted by Crippen LogP contribution is -2.27. The highest BCUT2D eigenvalue weighted by Gasteiger charge is 2.07. The molecule has 0 unspecified atom stereocenters. The highest BCUT2D eigenvalue weighted by atomic mass is 16.1.